The van der Waals surface area contributed by atoms with E-state index in [0.717, 1.165) is 13.2 Å². The number of sulfone groups is 1. The summed E-state index contributed by atoms with van der Waals surface area (Å²) in [5.41, 5.74) is -0.488. The van der Waals surface area contributed by atoms with Crippen LogP contribution in [0.5, 0.6) is 0 Å². The van der Waals surface area contributed by atoms with E-state index in [-0.39, 0.29) is 0 Å². The number of rotatable bonds is 3. The first kappa shape index (κ1) is 13.6. The lowest BCUT2D eigenvalue weighted by molar-refractivity contribution is -0.138. The highest BCUT2D eigenvalue weighted by atomic mass is 32.2. The smallest absolute Gasteiger partial charge is 0.310 e. The lowest BCUT2D eigenvalue weighted by atomic mass is 10.0. The standard InChI is InChI=1S/C10H10F2O4S/c1-5(10(13)14)7-3-6(11)4-8(9(7)12)17(2,15)16/h3-5H,1-2H3,(H,13,14). The van der Waals surface area contributed by atoms with Crippen molar-refractivity contribution in [1.82, 2.24) is 0 Å². The first-order valence-corrected chi connectivity index (χ1v) is 6.45. The highest BCUT2D eigenvalue weighted by Gasteiger charge is 2.25. The van der Waals surface area contributed by atoms with Crippen molar-refractivity contribution in [3.05, 3.63) is 29.3 Å². The third kappa shape index (κ3) is 2.79. The van der Waals surface area contributed by atoms with Crippen LogP contribution in [0, 0.1) is 11.6 Å². The molecule has 0 heterocycles. The first-order valence-electron chi connectivity index (χ1n) is 4.56. The molecule has 1 N–H and O–H groups in total. The van der Waals surface area contributed by atoms with Crippen molar-refractivity contribution in [2.24, 2.45) is 0 Å². The molecule has 1 atom stereocenters. The number of hydrogen-bond acceptors (Lipinski definition) is 3. The van der Waals surface area contributed by atoms with Crippen molar-refractivity contribution < 1.29 is 27.1 Å². The molecule has 0 saturated carbocycles. The van der Waals surface area contributed by atoms with Crippen molar-refractivity contribution in [2.75, 3.05) is 6.26 Å². The minimum absolute atomic E-state index is 0.488. The van der Waals surface area contributed by atoms with E-state index in [1.165, 1.54) is 0 Å². The average molecular weight is 264 g/mol. The maximum atomic E-state index is 13.8. The fourth-order valence-corrected chi connectivity index (χ4v) is 2.07. The molecule has 4 nitrogen and oxygen atoms in total. The number of carboxylic acid groups (broad SMARTS) is 1. The molecule has 0 spiro atoms. The lowest BCUT2D eigenvalue weighted by Gasteiger charge is -2.11. The van der Waals surface area contributed by atoms with Gasteiger partial charge in [0.15, 0.2) is 9.84 Å². The van der Waals surface area contributed by atoms with Crippen molar-refractivity contribution in [3.63, 3.8) is 0 Å². The zero-order valence-electron chi connectivity index (χ0n) is 9.07. The van der Waals surface area contributed by atoms with Crippen LogP contribution in [-0.2, 0) is 14.6 Å². The second-order valence-corrected chi connectivity index (χ2v) is 5.62. The molecule has 17 heavy (non-hydrogen) atoms. The molecule has 7 heteroatoms. The Bertz CT molecular complexity index is 566. The van der Waals surface area contributed by atoms with Crippen LogP contribution in [0.2, 0.25) is 0 Å². The molecule has 0 radical (unpaired) electrons. The summed E-state index contributed by atoms with van der Waals surface area (Å²) in [5, 5.41) is 8.71. The van der Waals surface area contributed by atoms with Gasteiger partial charge < -0.3 is 5.11 Å². The van der Waals surface area contributed by atoms with Crippen molar-refractivity contribution >= 4 is 15.8 Å². The number of hydrogen-bond donors (Lipinski definition) is 1. The molecule has 0 bridgehead atoms. The van der Waals surface area contributed by atoms with E-state index in [1.54, 1.807) is 0 Å². The molecular formula is C10H10F2O4S. The van der Waals surface area contributed by atoms with Crippen LogP contribution in [0.25, 0.3) is 0 Å². The molecule has 0 aliphatic rings. The van der Waals surface area contributed by atoms with E-state index in [0.29, 0.717) is 12.1 Å². The summed E-state index contributed by atoms with van der Waals surface area (Å²) in [4.78, 5) is 9.85. The van der Waals surface area contributed by atoms with Crippen molar-refractivity contribution in [3.8, 4) is 0 Å². The first-order chi connectivity index (χ1) is 7.64. The minimum atomic E-state index is -3.95. The summed E-state index contributed by atoms with van der Waals surface area (Å²) < 4.78 is 49.3. The maximum Gasteiger partial charge on any atom is 0.310 e. The Balaban J connectivity index is 3.55. The number of halogens is 2. The summed E-state index contributed by atoms with van der Waals surface area (Å²) in [6, 6.07) is 1.21. The second-order valence-electron chi connectivity index (χ2n) is 3.64. The number of benzene rings is 1. The zero-order chi connectivity index (χ0) is 13.4. The number of carboxylic acids is 1. The lowest BCUT2D eigenvalue weighted by Crippen LogP contribution is -2.13. The minimum Gasteiger partial charge on any atom is -0.481 e. The van der Waals surface area contributed by atoms with Gasteiger partial charge in [0, 0.05) is 11.8 Å². The molecule has 1 unspecified atom stereocenters. The summed E-state index contributed by atoms with van der Waals surface area (Å²) in [6.07, 6.45) is 0.722. The SMILES string of the molecule is CC(C(=O)O)c1cc(F)cc(S(C)(=O)=O)c1F. The Morgan fingerprint density at radius 1 is 1.35 bits per heavy atom. The molecular weight excluding hydrogens is 254 g/mol. The van der Waals surface area contributed by atoms with Crippen LogP contribution in [0.15, 0.2) is 17.0 Å². The topological polar surface area (TPSA) is 71.4 Å². The largest absolute Gasteiger partial charge is 0.481 e. The summed E-state index contributed by atoms with van der Waals surface area (Å²) in [5.74, 6) is -4.90. The van der Waals surface area contributed by atoms with E-state index in [4.69, 9.17) is 5.11 Å². The summed E-state index contributed by atoms with van der Waals surface area (Å²) in [7, 11) is -3.95. The van der Waals surface area contributed by atoms with Gasteiger partial charge in [0.25, 0.3) is 0 Å². The van der Waals surface area contributed by atoms with Crippen LogP contribution < -0.4 is 0 Å². The normalized spacial score (nSPS) is 13.4. The molecule has 0 saturated heterocycles. The van der Waals surface area contributed by atoms with Crippen LogP contribution in [0.1, 0.15) is 18.4 Å². The fraction of sp³-hybridized carbons (Fsp3) is 0.300. The molecule has 0 aromatic heterocycles. The van der Waals surface area contributed by atoms with Crippen LogP contribution in [-0.4, -0.2) is 25.7 Å². The van der Waals surface area contributed by atoms with Gasteiger partial charge in [0.05, 0.1) is 5.92 Å². The second kappa shape index (κ2) is 4.40. The highest BCUT2D eigenvalue weighted by Crippen LogP contribution is 2.26. The Kier molecular flexibility index (Phi) is 3.51. The van der Waals surface area contributed by atoms with E-state index < -0.39 is 43.8 Å². The maximum absolute atomic E-state index is 13.8. The van der Waals surface area contributed by atoms with Gasteiger partial charge in [-0.15, -0.1) is 0 Å². The summed E-state index contributed by atoms with van der Waals surface area (Å²) >= 11 is 0. The van der Waals surface area contributed by atoms with E-state index in [9.17, 15) is 22.0 Å². The highest BCUT2D eigenvalue weighted by molar-refractivity contribution is 7.90. The Morgan fingerprint density at radius 3 is 2.29 bits per heavy atom. The molecule has 0 amide bonds. The van der Waals surface area contributed by atoms with Gasteiger partial charge in [-0.25, -0.2) is 17.2 Å². The van der Waals surface area contributed by atoms with Gasteiger partial charge in [0.2, 0.25) is 0 Å². The molecule has 1 rings (SSSR count). The van der Waals surface area contributed by atoms with E-state index >= 15 is 0 Å². The Labute approximate surface area is 96.8 Å². The third-order valence-electron chi connectivity index (χ3n) is 2.27. The molecule has 0 fully saturated rings. The van der Waals surface area contributed by atoms with Gasteiger partial charge in [-0.05, 0) is 19.1 Å². The third-order valence-corrected chi connectivity index (χ3v) is 3.36. The molecule has 94 valence electrons. The molecule has 1 aromatic carbocycles. The number of aliphatic carboxylic acids is 1. The van der Waals surface area contributed by atoms with Crippen LogP contribution in [0.3, 0.4) is 0 Å². The van der Waals surface area contributed by atoms with Crippen LogP contribution in [0.4, 0.5) is 8.78 Å². The zero-order valence-corrected chi connectivity index (χ0v) is 9.88. The Hall–Kier alpha value is -1.50. The predicted octanol–water partition coefficient (Wildman–Crippen LogP) is 1.56. The number of carbonyl (C=O) groups is 1. The Morgan fingerprint density at radius 2 is 1.88 bits per heavy atom. The monoisotopic (exact) mass is 264 g/mol. The van der Waals surface area contributed by atoms with Crippen molar-refractivity contribution in [1.29, 1.82) is 0 Å². The van der Waals surface area contributed by atoms with Crippen LogP contribution >= 0.6 is 0 Å². The van der Waals surface area contributed by atoms with Crippen molar-refractivity contribution in [2.45, 2.75) is 17.7 Å². The molecule has 1 aromatic rings. The average Bonchev–Trinajstić information content (AvgIpc) is 2.18. The van der Waals surface area contributed by atoms with Gasteiger partial charge in [-0.2, -0.15) is 0 Å². The van der Waals surface area contributed by atoms with Gasteiger partial charge in [-0.3, -0.25) is 4.79 Å². The fourth-order valence-electron chi connectivity index (χ4n) is 1.30. The molecule has 0 aliphatic carbocycles. The summed E-state index contributed by atoms with van der Waals surface area (Å²) in [6.45, 7) is 1.15. The van der Waals surface area contributed by atoms with E-state index in [1.807, 2.05) is 0 Å². The predicted molar refractivity (Wildman–Crippen MR) is 55.5 cm³/mol. The quantitative estimate of drug-likeness (QED) is 0.899. The van der Waals surface area contributed by atoms with Gasteiger partial charge >= 0.3 is 5.97 Å². The molecule has 0 aliphatic heterocycles. The van der Waals surface area contributed by atoms with Gasteiger partial charge in [-0.1, -0.05) is 0 Å². The van der Waals surface area contributed by atoms with Gasteiger partial charge in [0.1, 0.15) is 16.5 Å². The van der Waals surface area contributed by atoms with E-state index in [2.05, 4.69) is 0 Å².